The van der Waals surface area contributed by atoms with Crippen LogP contribution in [0.1, 0.15) is 24.1 Å². The van der Waals surface area contributed by atoms with E-state index in [2.05, 4.69) is 21.2 Å². The Balaban J connectivity index is 2.15. The smallest absolute Gasteiger partial charge is 0.244 e. The number of rotatable bonds is 7. The second kappa shape index (κ2) is 9.29. The molecule has 6 heteroatoms. The summed E-state index contributed by atoms with van der Waals surface area (Å²) in [4.78, 5) is 12.2. The lowest BCUT2D eigenvalue weighted by molar-refractivity contribution is -0.117. The third-order valence-corrected chi connectivity index (χ3v) is 4.59. The Morgan fingerprint density at radius 3 is 2.23 bits per heavy atom. The zero-order chi connectivity index (χ0) is 19.1. The molecule has 1 atom stereocenters. The van der Waals surface area contributed by atoms with Crippen LogP contribution in [0.2, 0.25) is 0 Å². The van der Waals surface area contributed by atoms with Crippen molar-refractivity contribution in [3.05, 3.63) is 58.1 Å². The maximum atomic E-state index is 12.2. The third kappa shape index (κ3) is 4.79. The minimum absolute atomic E-state index is 0.193. The molecule has 1 unspecified atom stereocenters. The molecule has 0 fully saturated rings. The van der Waals surface area contributed by atoms with Gasteiger partial charge in [-0.15, -0.1) is 0 Å². The number of hydrogen-bond acceptors (Lipinski definition) is 4. The van der Waals surface area contributed by atoms with Crippen LogP contribution in [0, 0.1) is 0 Å². The fourth-order valence-corrected chi connectivity index (χ4v) is 2.89. The first-order valence-corrected chi connectivity index (χ1v) is 8.82. The highest BCUT2D eigenvalue weighted by Gasteiger charge is 2.17. The topological polar surface area (TPSA) is 56.8 Å². The van der Waals surface area contributed by atoms with Crippen LogP contribution in [0.5, 0.6) is 17.2 Å². The molecule has 138 valence electrons. The van der Waals surface area contributed by atoms with E-state index in [-0.39, 0.29) is 11.9 Å². The van der Waals surface area contributed by atoms with Crippen LogP contribution < -0.4 is 19.5 Å². The van der Waals surface area contributed by atoms with Gasteiger partial charge in [-0.2, -0.15) is 0 Å². The van der Waals surface area contributed by atoms with Crippen LogP contribution in [-0.2, 0) is 4.79 Å². The van der Waals surface area contributed by atoms with Gasteiger partial charge in [-0.25, -0.2) is 0 Å². The lowest BCUT2D eigenvalue weighted by Gasteiger charge is -2.18. The summed E-state index contributed by atoms with van der Waals surface area (Å²) in [5.41, 5.74) is 1.78. The molecule has 2 aromatic carbocycles. The third-order valence-electron chi connectivity index (χ3n) is 3.87. The van der Waals surface area contributed by atoms with Gasteiger partial charge in [0.1, 0.15) is 0 Å². The highest BCUT2D eigenvalue weighted by Crippen LogP contribution is 2.39. The molecule has 2 rings (SSSR count). The molecule has 0 saturated heterocycles. The Bertz CT molecular complexity index is 779. The number of nitrogens with one attached hydrogen (secondary N) is 1. The van der Waals surface area contributed by atoms with Crippen LogP contribution in [0.25, 0.3) is 6.08 Å². The van der Waals surface area contributed by atoms with Gasteiger partial charge in [-0.05, 0) is 42.3 Å². The molecule has 1 amide bonds. The van der Waals surface area contributed by atoms with Gasteiger partial charge >= 0.3 is 0 Å². The first-order chi connectivity index (χ1) is 12.5. The predicted molar refractivity (Wildman–Crippen MR) is 106 cm³/mol. The normalized spacial score (nSPS) is 11.9. The van der Waals surface area contributed by atoms with Crippen LogP contribution in [0.4, 0.5) is 0 Å². The van der Waals surface area contributed by atoms with Gasteiger partial charge in [0, 0.05) is 10.5 Å². The molecule has 0 spiro atoms. The second-order valence-corrected chi connectivity index (χ2v) is 6.40. The van der Waals surface area contributed by atoms with Crippen molar-refractivity contribution in [2.75, 3.05) is 21.3 Å². The minimum Gasteiger partial charge on any atom is -0.493 e. The molecule has 0 bridgehead atoms. The van der Waals surface area contributed by atoms with Gasteiger partial charge in [-0.1, -0.05) is 34.1 Å². The van der Waals surface area contributed by atoms with Crippen LogP contribution in [-0.4, -0.2) is 27.2 Å². The summed E-state index contributed by atoms with van der Waals surface area (Å²) in [6.07, 6.45) is 3.27. The molecular formula is C20H22BrNO4. The number of carbonyl (C=O) groups is 1. The summed E-state index contributed by atoms with van der Waals surface area (Å²) in [6.45, 7) is 1.89. The van der Waals surface area contributed by atoms with Crippen molar-refractivity contribution in [3.8, 4) is 17.2 Å². The molecule has 0 aliphatic carbocycles. The lowest BCUT2D eigenvalue weighted by Crippen LogP contribution is -2.24. The predicted octanol–water partition coefficient (Wildman–Crippen LogP) is 4.37. The average Bonchev–Trinajstić information content (AvgIpc) is 2.65. The largest absolute Gasteiger partial charge is 0.493 e. The summed E-state index contributed by atoms with van der Waals surface area (Å²) in [5.74, 6) is 1.42. The summed E-state index contributed by atoms with van der Waals surface area (Å²) in [6, 6.07) is 11.1. The number of hydrogen-bond donors (Lipinski definition) is 1. The summed E-state index contributed by atoms with van der Waals surface area (Å²) in [7, 11) is 4.67. The minimum atomic E-state index is -0.236. The highest BCUT2D eigenvalue weighted by molar-refractivity contribution is 9.10. The maximum absolute atomic E-state index is 12.2. The quantitative estimate of drug-likeness (QED) is 0.677. The molecule has 0 aromatic heterocycles. The van der Waals surface area contributed by atoms with E-state index < -0.39 is 0 Å². The van der Waals surface area contributed by atoms with E-state index in [1.165, 1.54) is 6.08 Å². The standard InChI is InChI=1S/C20H22BrNO4/c1-13(15-11-17(24-2)20(26-4)18(12-15)25-3)22-19(23)10-9-14-7-5-6-8-16(14)21/h5-13H,1-4H3,(H,22,23)/b10-9+. The Labute approximate surface area is 162 Å². The van der Waals surface area contributed by atoms with E-state index in [4.69, 9.17) is 14.2 Å². The van der Waals surface area contributed by atoms with E-state index in [1.807, 2.05) is 43.3 Å². The van der Waals surface area contributed by atoms with Gasteiger partial charge in [0.15, 0.2) is 11.5 Å². The van der Waals surface area contributed by atoms with Crippen LogP contribution >= 0.6 is 15.9 Å². The Kier molecular flexibility index (Phi) is 7.09. The first-order valence-electron chi connectivity index (χ1n) is 8.03. The lowest BCUT2D eigenvalue weighted by atomic mass is 10.1. The van der Waals surface area contributed by atoms with Crippen molar-refractivity contribution in [1.82, 2.24) is 5.32 Å². The fraction of sp³-hybridized carbons (Fsp3) is 0.250. The molecule has 26 heavy (non-hydrogen) atoms. The van der Waals surface area contributed by atoms with E-state index in [0.29, 0.717) is 17.2 Å². The molecule has 5 nitrogen and oxygen atoms in total. The molecule has 0 aliphatic rings. The van der Waals surface area contributed by atoms with Crippen molar-refractivity contribution >= 4 is 27.9 Å². The van der Waals surface area contributed by atoms with E-state index >= 15 is 0 Å². The Morgan fingerprint density at radius 2 is 1.69 bits per heavy atom. The molecular weight excluding hydrogens is 398 g/mol. The number of methoxy groups -OCH3 is 3. The van der Waals surface area contributed by atoms with Crippen molar-refractivity contribution in [1.29, 1.82) is 0 Å². The molecule has 0 heterocycles. The Morgan fingerprint density at radius 1 is 1.08 bits per heavy atom. The van der Waals surface area contributed by atoms with Gasteiger partial charge in [0.05, 0.1) is 27.4 Å². The van der Waals surface area contributed by atoms with Gasteiger partial charge in [0.25, 0.3) is 0 Å². The number of halogens is 1. The highest BCUT2D eigenvalue weighted by atomic mass is 79.9. The van der Waals surface area contributed by atoms with E-state index in [9.17, 15) is 4.79 Å². The summed E-state index contributed by atoms with van der Waals surface area (Å²) >= 11 is 3.46. The monoisotopic (exact) mass is 419 g/mol. The molecule has 2 aromatic rings. The van der Waals surface area contributed by atoms with Crippen molar-refractivity contribution in [2.45, 2.75) is 13.0 Å². The first kappa shape index (κ1) is 19.8. The molecule has 0 aliphatic heterocycles. The van der Waals surface area contributed by atoms with Crippen LogP contribution in [0.3, 0.4) is 0 Å². The fourth-order valence-electron chi connectivity index (χ4n) is 2.47. The zero-order valence-corrected chi connectivity index (χ0v) is 16.8. The summed E-state index contributed by atoms with van der Waals surface area (Å²) < 4.78 is 17.0. The zero-order valence-electron chi connectivity index (χ0n) is 15.2. The molecule has 0 saturated carbocycles. The summed E-state index contributed by atoms with van der Waals surface area (Å²) in [5, 5.41) is 2.93. The maximum Gasteiger partial charge on any atom is 0.244 e. The number of carbonyl (C=O) groups excluding carboxylic acids is 1. The molecule has 1 N–H and O–H groups in total. The number of benzene rings is 2. The van der Waals surface area contributed by atoms with Crippen molar-refractivity contribution < 1.29 is 19.0 Å². The SMILES string of the molecule is COc1cc(C(C)NC(=O)/C=C/c2ccccc2Br)cc(OC)c1OC. The van der Waals surface area contributed by atoms with E-state index in [1.54, 1.807) is 27.4 Å². The van der Waals surface area contributed by atoms with Gasteiger partial charge in [-0.3, -0.25) is 4.79 Å². The number of ether oxygens (including phenoxy) is 3. The Hall–Kier alpha value is -2.47. The molecule has 0 radical (unpaired) electrons. The van der Waals surface area contributed by atoms with E-state index in [0.717, 1.165) is 15.6 Å². The van der Waals surface area contributed by atoms with Gasteiger partial charge in [0.2, 0.25) is 11.7 Å². The number of amides is 1. The van der Waals surface area contributed by atoms with Crippen molar-refractivity contribution in [2.24, 2.45) is 0 Å². The van der Waals surface area contributed by atoms with Gasteiger partial charge < -0.3 is 19.5 Å². The average molecular weight is 420 g/mol. The second-order valence-electron chi connectivity index (χ2n) is 5.54. The van der Waals surface area contributed by atoms with Crippen LogP contribution in [0.15, 0.2) is 46.9 Å². The van der Waals surface area contributed by atoms with Crippen molar-refractivity contribution in [3.63, 3.8) is 0 Å².